The number of aliphatic hydroxyl groups is 1. The van der Waals surface area contributed by atoms with E-state index >= 15 is 0 Å². The molecule has 0 heterocycles. The molecule has 3 heteroatoms. The largest absolute Gasteiger partial charge is 0.396 e. The van der Waals surface area contributed by atoms with E-state index < -0.39 is 0 Å². The van der Waals surface area contributed by atoms with Gasteiger partial charge in [-0.1, -0.05) is 19.1 Å². The summed E-state index contributed by atoms with van der Waals surface area (Å²) in [6, 6.07) is 4.38. The first-order valence-electron chi connectivity index (χ1n) is 6.94. The van der Waals surface area contributed by atoms with Gasteiger partial charge in [0, 0.05) is 6.54 Å². The molecule has 3 nitrogen and oxygen atoms in total. The van der Waals surface area contributed by atoms with Crippen molar-refractivity contribution in [2.24, 2.45) is 5.92 Å². The molecule has 1 aromatic rings. The van der Waals surface area contributed by atoms with Crippen LogP contribution >= 0.6 is 0 Å². The highest BCUT2D eigenvalue weighted by atomic mass is 16.3. The molecule has 0 bridgehead atoms. The van der Waals surface area contributed by atoms with Crippen molar-refractivity contribution >= 4 is 5.91 Å². The summed E-state index contributed by atoms with van der Waals surface area (Å²) in [6.07, 6.45) is 1.51. The fourth-order valence-electron chi connectivity index (χ4n) is 2.15. The summed E-state index contributed by atoms with van der Waals surface area (Å²) in [5, 5.41) is 12.0. The molecule has 1 unspecified atom stereocenters. The zero-order valence-electron chi connectivity index (χ0n) is 12.4. The van der Waals surface area contributed by atoms with Gasteiger partial charge in [-0.25, -0.2) is 0 Å². The maximum absolute atomic E-state index is 11.7. The SMILES string of the molecule is CCC(CO)C(=O)NCCc1cc(C)c(C)cc1C. The number of carbonyl (C=O) groups is 1. The van der Waals surface area contributed by atoms with Crippen LogP contribution in [0.5, 0.6) is 0 Å². The van der Waals surface area contributed by atoms with Crippen molar-refractivity contribution in [1.82, 2.24) is 5.32 Å². The van der Waals surface area contributed by atoms with Gasteiger partial charge in [0.05, 0.1) is 12.5 Å². The van der Waals surface area contributed by atoms with Crippen molar-refractivity contribution in [3.63, 3.8) is 0 Å². The molecule has 0 saturated carbocycles. The number of benzene rings is 1. The summed E-state index contributed by atoms with van der Waals surface area (Å²) in [6.45, 7) is 8.78. The summed E-state index contributed by atoms with van der Waals surface area (Å²) < 4.78 is 0. The minimum absolute atomic E-state index is 0.0495. The van der Waals surface area contributed by atoms with Gasteiger partial charge in [0.1, 0.15) is 0 Å². The summed E-state index contributed by atoms with van der Waals surface area (Å²) in [7, 11) is 0. The predicted octanol–water partition coefficient (Wildman–Crippen LogP) is 2.29. The Labute approximate surface area is 116 Å². The molecule has 0 aliphatic carbocycles. The Bertz CT molecular complexity index is 437. The van der Waals surface area contributed by atoms with E-state index in [2.05, 4.69) is 38.2 Å². The van der Waals surface area contributed by atoms with Crippen LogP contribution in [0.25, 0.3) is 0 Å². The topological polar surface area (TPSA) is 49.3 Å². The molecule has 1 rings (SSSR count). The molecule has 0 radical (unpaired) electrons. The lowest BCUT2D eigenvalue weighted by Crippen LogP contribution is -2.33. The molecule has 1 amide bonds. The summed E-state index contributed by atoms with van der Waals surface area (Å²) in [5.41, 5.74) is 5.14. The van der Waals surface area contributed by atoms with Gasteiger partial charge in [0.15, 0.2) is 0 Å². The van der Waals surface area contributed by atoms with E-state index in [0.717, 1.165) is 6.42 Å². The minimum Gasteiger partial charge on any atom is -0.396 e. The summed E-state index contributed by atoms with van der Waals surface area (Å²) >= 11 is 0. The highest BCUT2D eigenvalue weighted by molar-refractivity contribution is 5.78. The third kappa shape index (κ3) is 4.35. The Morgan fingerprint density at radius 3 is 2.42 bits per heavy atom. The number of aryl methyl sites for hydroxylation is 3. The number of hydrogen-bond acceptors (Lipinski definition) is 2. The van der Waals surface area contributed by atoms with Crippen LogP contribution in [0.15, 0.2) is 12.1 Å². The Kier molecular flexibility index (Phi) is 6.03. The van der Waals surface area contributed by atoms with E-state index in [-0.39, 0.29) is 18.4 Å². The van der Waals surface area contributed by atoms with Gasteiger partial charge in [-0.05, 0) is 55.9 Å². The van der Waals surface area contributed by atoms with Crippen LogP contribution in [0.4, 0.5) is 0 Å². The smallest absolute Gasteiger partial charge is 0.225 e. The zero-order valence-corrected chi connectivity index (χ0v) is 12.4. The molecule has 0 saturated heterocycles. The third-order valence-electron chi connectivity index (χ3n) is 3.73. The minimum atomic E-state index is -0.277. The molecular formula is C16H25NO2. The first kappa shape index (κ1) is 15.7. The van der Waals surface area contributed by atoms with Crippen molar-refractivity contribution in [3.05, 3.63) is 34.4 Å². The van der Waals surface area contributed by atoms with E-state index in [9.17, 15) is 4.79 Å². The fraction of sp³-hybridized carbons (Fsp3) is 0.562. The lowest BCUT2D eigenvalue weighted by atomic mass is 9.99. The van der Waals surface area contributed by atoms with Crippen molar-refractivity contribution < 1.29 is 9.90 Å². The molecule has 0 aliphatic heterocycles. The van der Waals surface area contributed by atoms with Crippen LogP contribution in [-0.2, 0) is 11.2 Å². The van der Waals surface area contributed by atoms with E-state index in [1.807, 2.05) is 6.92 Å². The first-order valence-corrected chi connectivity index (χ1v) is 6.94. The first-order chi connectivity index (χ1) is 8.99. The Morgan fingerprint density at radius 1 is 1.21 bits per heavy atom. The molecule has 0 fully saturated rings. The van der Waals surface area contributed by atoms with Crippen molar-refractivity contribution in [3.8, 4) is 0 Å². The van der Waals surface area contributed by atoms with Crippen molar-refractivity contribution in [2.75, 3.05) is 13.2 Å². The molecule has 1 aromatic carbocycles. The van der Waals surface area contributed by atoms with E-state index in [1.54, 1.807) is 0 Å². The Morgan fingerprint density at radius 2 is 1.84 bits per heavy atom. The molecule has 1 atom stereocenters. The summed E-state index contributed by atoms with van der Waals surface area (Å²) in [5.74, 6) is -0.327. The van der Waals surface area contributed by atoms with Gasteiger partial charge in [-0.2, -0.15) is 0 Å². The molecule has 19 heavy (non-hydrogen) atoms. The molecule has 0 aliphatic rings. The van der Waals surface area contributed by atoms with E-state index in [1.165, 1.54) is 22.3 Å². The Balaban J connectivity index is 2.54. The summed E-state index contributed by atoms with van der Waals surface area (Å²) in [4.78, 5) is 11.7. The van der Waals surface area contributed by atoms with Crippen molar-refractivity contribution in [1.29, 1.82) is 0 Å². The predicted molar refractivity (Wildman–Crippen MR) is 78.2 cm³/mol. The van der Waals surface area contributed by atoms with Crippen LogP contribution in [0.2, 0.25) is 0 Å². The van der Waals surface area contributed by atoms with Gasteiger partial charge < -0.3 is 10.4 Å². The lowest BCUT2D eigenvalue weighted by molar-refractivity contribution is -0.126. The van der Waals surface area contributed by atoms with E-state index in [4.69, 9.17) is 5.11 Å². The molecular weight excluding hydrogens is 238 g/mol. The quantitative estimate of drug-likeness (QED) is 0.827. The van der Waals surface area contributed by atoms with Crippen LogP contribution in [-0.4, -0.2) is 24.2 Å². The number of amides is 1. The highest BCUT2D eigenvalue weighted by Crippen LogP contribution is 2.15. The van der Waals surface area contributed by atoms with Gasteiger partial charge in [-0.15, -0.1) is 0 Å². The monoisotopic (exact) mass is 263 g/mol. The fourth-order valence-corrected chi connectivity index (χ4v) is 2.15. The maximum atomic E-state index is 11.7. The molecule has 0 spiro atoms. The lowest BCUT2D eigenvalue weighted by Gasteiger charge is -2.13. The molecule has 0 aromatic heterocycles. The van der Waals surface area contributed by atoms with E-state index in [0.29, 0.717) is 13.0 Å². The second-order valence-corrected chi connectivity index (χ2v) is 5.19. The zero-order chi connectivity index (χ0) is 14.4. The molecule has 2 N–H and O–H groups in total. The maximum Gasteiger partial charge on any atom is 0.225 e. The van der Waals surface area contributed by atoms with Crippen LogP contribution in [0, 0.1) is 26.7 Å². The van der Waals surface area contributed by atoms with Crippen LogP contribution in [0.1, 0.15) is 35.6 Å². The Hall–Kier alpha value is -1.35. The number of aliphatic hydroxyl groups excluding tert-OH is 1. The van der Waals surface area contributed by atoms with Crippen LogP contribution < -0.4 is 5.32 Å². The number of carbonyl (C=O) groups excluding carboxylic acids is 1. The normalized spacial score (nSPS) is 12.3. The number of rotatable bonds is 6. The van der Waals surface area contributed by atoms with Gasteiger partial charge in [0.2, 0.25) is 5.91 Å². The second kappa shape index (κ2) is 7.29. The average Bonchev–Trinajstić information content (AvgIpc) is 2.37. The van der Waals surface area contributed by atoms with Gasteiger partial charge in [0.25, 0.3) is 0 Å². The van der Waals surface area contributed by atoms with Crippen molar-refractivity contribution in [2.45, 2.75) is 40.5 Å². The van der Waals surface area contributed by atoms with Gasteiger partial charge >= 0.3 is 0 Å². The standard InChI is InChI=1S/C16H25NO2/c1-5-14(10-18)16(19)17-7-6-15-9-12(3)11(2)8-13(15)4/h8-9,14,18H,5-7,10H2,1-4H3,(H,17,19). The third-order valence-corrected chi connectivity index (χ3v) is 3.73. The second-order valence-electron chi connectivity index (χ2n) is 5.19. The average molecular weight is 263 g/mol. The van der Waals surface area contributed by atoms with Crippen LogP contribution in [0.3, 0.4) is 0 Å². The number of nitrogens with one attached hydrogen (secondary N) is 1. The highest BCUT2D eigenvalue weighted by Gasteiger charge is 2.14. The molecule has 106 valence electrons. The number of hydrogen-bond donors (Lipinski definition) is 2. The van der Waals surface area contributed by atoms with Gasteiger partial charge in [-0.3, -0.25) is 4.79 Å².